The molecule has 1 aromatic rings. The van der Waals surface area contributed by atoms with Crippen molar-refractivity contribution in [3.8, 4) is 0 Å². The fraction of sp³-hybridized carbons (Fsp3) is 0.0769. The highest BCUT2D eigenvalue weighted by atomic mass is 16.6. The molecule has 0 aliphatic rings. The standard InChI is InChI=1S/C13H12N4O6/c1-14-13(19)9(8-18)3-2-6-15-11-5-4-10(16(20)21)7-12(11)17(22)23/h2-8,18H,1H3,(H,14,19)/b3-2+,9-8-,15-6?. The van der Waals surface area contributed by atoms with Gasteiger partial charge in [0.1, 0.15) is 5.69 Å². The molecule has 0 saturated carbocycles. The van der Waals surface area contributed by atoms with Gasteiger partial charge in [0, 0.05) is 19.3 Å². The Morgan fingerprint density at radius 3 is 2.52 bits per heavy atom. The Hall–Kier alpha value is -3.56. The molecule has 0 saturated heterocycles. The van der Waals surface area contributed by atoms with Crippen LogP contribution in [0.2, 0.25) is 0 Å². The summed E-state index contributed by atoms with van der Waals surface area (Å²) in [5.74, 6) is -0.529. The molecule has 0 atom stereocenters. The summed E-state index contributed by atoms with van der Waals surface area (Å²) >= 11 is 0. The number of amides is 1. The van der Waals surface area contributed by atoms with Gasteiger partial charge in [-0.1, -0.05) is 0 Å². The zero-order valence-electron chi connectivity index (χ0n) is 11.9. The Balaban J connectivity index is 3.02. The van der Waals surface area contributed by atoms with Gasteiger partial charge in [0.2, 0.25) is 0 Å². The van der Waals surface area contributed by atoms with Crippen molar-refractivity contribution in [1.29, 1.82) is 0 Å². The van der Waals surface area contributed by atoms with Crippen LogP contribution < -0.4 is 5.32 Å². The summed E-state index contributed by atoms with van der Waals surface area (Å²) < 4.78 is 0. The third kappa shape index (κ3) is 4.74. The van der Waals surface area contributed by atoms with E-state index in [4.69, 9.17) is 5.11 Å². The average Bonchev–Trinajstić information content (AvgIpc) is 2.53. The first kappa shape index (κ1) is 17.5. The van der Waals surface area contributed by atoms with Crippen molar-refractivity contribution in [1.82, 2.24) is 5.32 Å². The monoisotopic (exact) mass is 320 g/mol. The van der Waals surface area contributed by atoms with Crippen LogP contribution in [0.25, 0.3) is 0 Å². The van der Waals surface area contributed by atoms with E-state index in [1.54, 1.807) is 0 Å². The summed E-state index contributed by atoms with van der Waals surface area (Å²) in [6.45, 7) is 0. The molecule has 0 unspecified atom stereocenters. The van der Waals surface area contributed by atoms with Crippen molar-refractivity contribution in [3.05, 3.63) is 62.4 Å². The number of nitro benzene ring substituents is 2. The van der Waals surface area contributed by atoms with Gasteiger partial charge < -0.3 is 10.4 Å². The van der Waals surface area contributed by atoms with E-state index < -0.39 is 27.1 Å². The van der Waals surface area contributed by atoms with Gasteiger partial charge in [0.15, 0.2) is 0 Å². The van der Waals surface area contributed by atoms with E-state index in [1.165, 1.54) is 19.2 Å². The molecule has 0 bridgehead atoms. The third-order valence-corrected chi connectivity index (χ3v) is 2.57. The highest BCUT2D eigenvalue weighted by Crippen LogP contribution is 2.30. The van der Waals surface area contributed by atoms with Gasteiger partial charge in [0.25, 0.3) is 11.6 Å². The fourth-order valence-electron chi connectivity index (χ4n) is 1.47. The average molecular weight is 320 g/mol. The fourth-order valence-corrected chi connectivity index (χ4v) is 1.47. The first-order chi connectivity index (χ1) is 10.9. The number of aliphatic hydroxyl groups excluding tert-OH is 1. The van der Waals surface area contributed by atoms with Crippen LogP contribution in [0.5, 0.6) is 0 Å². The molecular formula is C13H12N4O6. The van der Waals surface area contributed by atoms with Gasteiger partial charge in [-0.15, -0.1) is 0 Å². The van der Waals surface area contributed by atoms with E-state index in [1.807, 2.05) is 0 Å². The highest BCUT2D eigenvalue weighted by Gasteiger charge is 2.18. The number of rotatable bonds is 6. The van der Waals surface area contributed by atoms with E-state index in [0.29, 0.717) is 6.26 Å². The van der Waals surface area contributed by atoms with E-state index in [9.17, 15) is 25.0 Å². The molecule has 23 heavy (non-hydrogen) atoms. The van der Waals surface area contributed by atoms with E-state index >= 15 is 0 Å². The number of nitrogens with one attached hydrogen (secondary N) is 1. The van der Waals surface area contributed by atoms with Crippen molar-refractivity contribution in [2.45, 2.75) is 0 Å². The molecule has 10 nitrogen and oxygen atoms in total. The summed E-state index contributed by atoms with van der Waals surface area (Å²) in [5.41, 5.74) is -1.07. The Morgan fingerprint density at radius 1 is 1.30 bits per heavy atom. The van der Waals surface area contributed by atoms with Crippen LogP contribution in [0.4, 0.5) is 17.1 Å². The minimum absolute atomic E-state index is 0.0443. The summed E-state index contributed by atoms with van der Waals surface area (Å²) in [7, 11) is 1.38. The lowest BCUT2D eigenvalue weighted by Gasteiger charge is -1.97. The number of hydrogen-bond acceptors (Lipinski definition) is 7. The van der Waals surface area contributed by atoms with Crippen molar-refractivity contribution in [2.24, 2.45) is 4.99 Å². The van der Waals surface area contributed by atoms with E-state index in [-0.39, 0.29) is 11.3 Å². The van der Waals surface area contributed by atoms with Crippen LogP contribution in [0.15, 0.2) is 47.2 Å². The molecular weight excluding hydrogens is 308 g/mol. The lowest BCUT2D eigenvalue weighted by molar-refractivity contribution is -0.393. The summed E-state index contributed by atoms with van der Waals surface area (Å²) in [6.07, 6.45) is 4.26. The Bertz CT molecular complexity index is 723. The number of non-ortho nitro benzene ring substituents is 1. The second kappa shape index (κ2) is 8.02. The number of aliphatic imine (C=N–C) groups is 1. The molecule has 1 amide bonds. The molecule has 0 fully saturated rings. The molecule has 1 aromatic carbocycles. The molecule has 0 aliphatic carbocycles. The molecule has 0 aromatic heterocycles. The van der Waals surface area contributed by atoms with Gasteiger partial charge >= 0.3 is 5.69 Å². The van der Waals surface area contributed by atoms with Crippen LogP contribution in [0.1, 0.15) is 0 Å². The van der Waals surface area contributed by atoms with Gasteiger partial charge in [-0.05, 0) is 18.2 Å². The number of nitro groups is 2. The number of nitrogens with zero attached hydrogens (tertiary/aromatic N) is 3. The topological polar surface area (TPSA) is 148 Å². The Labute approximate surface area is 129 Å². The lowest BCUT2D eigenvalue weighted by atomic mass is 10.2. The minimum atomic E-state index is -0.785. The number of allylic oxidation sites excluding steroid dienone is 1. The van der Waals surface area contributed by atoms with E-state index in [2.05, 4.69) is 10.3 Å². The minimum Gasteiger partial charge on any atom is -0.515 e. The molecule has 0 heterocycles. The number of aliphatic hydroxyl groups is 1. The first-order valence-electron chi connectivity index (χ1n) is 6.10. The molecule has 0 spiro atoms. The molecule has 1 rings (SSSR count). The number of hydrogen-bond donors (Lipinski definition) is 2. The van der Waals surface area contributed by atoms with E-state index in [0.717, 1.165) is 24.4 Å². The van der Waals surface area contributed by atoms with Gasteiger partial charge in [-0.2, -0.15) is 0 Å². The Morgan fingerprint density at radius 2 is 2.00 bits per heavy atom. The maximum absolute atomic E-state index is 11.3. The number of carbonyl (C=O) groups excluding carboxylic acids is 1. The molecule has 2 N–H and O–H groups in total. The van der Waals surface area contributed by atoms with Crippen molar-refractivity contribution >= 4 is 29.2 Å². The third-order valence-electron chi connectivity index (χ3n) is 2.57. The van der Waals surface area contributed by atoms with Crippen LogP contribution in [0.3, 0.4) is 0 Å². The zero-order valence-corrected chi connectivity index (χ0v) is 11.9. The van der Waals surface area contributed by atoms with Gasteiger partial charge in [-0.25, -0.2) is 4.99 Å². The highest BCUT2D eigenvalue weighted by molar-refractivity contribution is 5.96. The summed E-state index contributed by atoms with van der Waals surface area (Å²) in [5, 5.41) is 32.7. The smallest absolute Gasteiger partial charge is 0.301 e. The second-order valence-electron chi connectivity index (χ2n) is 3.99. The van der Waals surface area contributed by atoms with Crippen molar-refractivity contribution < 1.29 is 19.7 Å². The predicted octanol–water partition coefficient (Wildman–Crippen LogP) is 1.95. The summed E-state index contributed by atoms with van der Waals surface area (Å²) in [6, 6.07) is 3.04. The molecule has 0 aliphatic heterocycles. The van der Waals surface area contributed by atoms with Crippen LogP contribution in [-0.2, 0) is 4.79 Å². The molecule has 0 radical (unpaired) electrons. The van der Waals surface area contributed by atoms with Crippen LogP contribution in [-0.4, -0.2) is 34.1 Å². The maximum atomic E-state index is 11.3. The van der Waals surface area contributed by atoms with Crippen LogP contribution >= 0.6 is 0 Å². The van der Waals surface area contributed by atoms with Crippen molar-refractivity contribution in [3.63, 3.8) is 0 Å². The second-order valence-corrected chi connectivity index (χ2v) is 3.99. The van der Waals surface area contributed by atoms with Crippen LogP contribution in [0, 0.1) is 20.2 Å². The normalized spacial score (nSPS) is 11.8. The quantitative estimate of drug-likeness (QED) is 0.204. The lowest BCUT2D eigenvalue weighted by Crippen LogP contribution is -2.19. The van der Waals surface area contributed by atoms with Gasteiger partial charge in [0.05, 0.1) is 27.7 Å². The first-order valence-corrected chi connectivity index (χ1v) is 6.10. The number of benzene rings is 1. The Kier molecular flexibility index (Phi) is 6.10. The molecule has 10 heteroatoms. The maximum Gasteiger partial charge on any atom is 0.301 e. The predicted molar refractivity (Wildman–Crippen MR) is 81.8 cm³/mol. The SMILES string of the molecule is CNC(=O)C(=C\O)/C=C/C=Nc1ccc([N+](=O)[O-])cc1[N+](=O)[O-]. The zero-order chi connectivity index (χ0) is 17.4. The summed E-state index contributed by atoms with van der Waals surface area (Å²) in [4.78, 5) is 35.1. The van der Waals surface area contributed by atoms with Gasteiger partial charge in [-0.3, -0.25) is 25.0 Å². The molecule has 120 valence electrons. The number of likely N-dealkylation sites (N-methyl/N-ethyl adjacent to an activating group) is 1. The number of carbonyl (C=O) groups is 1. The van der Waals surface area contributed by atoms with Crippen molar-refractivity contribution in [2.75, 3.05) is 7.05 Å². The largest absolute Gasteiger partial charge is 0.515 e.